The van der Waals surface area contributed by atoms with Crippen molar-refractivity contribution in [3.8, 4) is 5.75 Å². The zero-order valence-corrected chi connectivity index (χ0v) is 12.1. The number of carbonyl (C=O) groups excluding carboxylic acids is 1. The van der Waals surface area contributed by atoms with Crippen LogP contribution in [0, 0.1) is 0 Å². The molecule has 2 aromatic rings. The number of amides is 1. The molecule has 0 unspecified atom stereocenters. The Morgan fingerprint density at radius 1 is 1.09 bits per heavy atom. The molecule has 1 aliphatic rings. The molecule has 5 heteroatoms. The summed E-state index contributed by atoms with van der Waals surface area (Å²) in [4.78, 5) is 16.6. The van der Waals surface area contributed by atoms with E-state index in [2.05, 4.69) is 4.99 Å². The van der Waals surface area contributed by atoms with Crippen molar-refractivity contribution >= 4 is 17.8 Å². The number of carbonyl (C=O) groups is 1. The molecule has 3 rings (SSSR count). The molecule has 0 spiro atoms. The summed E-state index contributed by atoms with van der Waals surface area (Å²) in [6.07, 6.45) is 1.71. The second-order valence-corrected chi connectivity index (χ2v) is 4.78. The van der Waals surface area contributed by atoms with Gasteiger partial charge in [-0.25, -0.2) is 15.8 Å². The standard InChI is InChI=1S/C17H15N3O2/c1-22-14-9-7-12(8-10-14)11-15-17(21)20(18)16(19-15)13-5-3-2-4-6-13/h2-11H,18H2,1H3/b15-11+. The predicted molar refractivity (Wildman–Crippen MR) is 85.0 cm³/mol. The fourth-order valence-corrected chi connectivity index (χ4v) is 2.18. The van der Waals surface area contributed by atoms with Crippen molar-refractivity contribution in [2.75, 3.05) is 7.11 Å². The number of ether oxygens (including phenoxy) is 1. The topological polar surface area (TPSA) is 67.9 Å². The molecule has 22 heavy (non-hydrogen) atoms. The molecule has 0 saturated carbocycles. The van der Waals surface area contributed by atoms with Gasteiger partial charge in [0.2, 0.25) is 0 Å². The number of nitrogens with two attached hydrogens (primary N) is 1. The Bertz CT molecular complexity index is 749. The molecule has 0 aliphatic carbocycles. The van der Waals surface area contributed by atoms with Crippen LogP contribution in [0.25, 0.3) is 6.08 Å². The van der Waals surface area contributed by atoms with Crippen LogP contribution < -0.4 is 10.6 Å². The Labute approximate surface area is 128 Å². The van der Waals surface area contributed by atoms with E-state index in [0.29, 0.717) is 11.5 Å². The summed E-state index contributed by atoms with van der Waals surface area (Å²) in [5.74, 6) is 6.72. The lowest BCUT2D eigenvalue weighted by molar-refractivity contribution is -0.122. The summed E-state index contributed by atoms with van der Waals surface area (Å²) in [5, 5.41) is 1.07. The van der Waals surface area contributed by atoms with E-state index < -0.39 is 0 Å². The van der Waals surface area contributed by atoms with Crippen LogP contribution in [0.4, 0.5) is 0 Å². The number of amidine groups is 1. The molecular weight excluding hydrogens is 278 g/mol. The summed E-state index contributed by atoms with van der Waals surface area (Å²) in [6.45, 7) is 0. The Balaban J connectivity index is 1.94. The Kier molecular flexibility index (Phi) is 3.72. The number of hydrazine groups is 1. The van der Waals surface area contributed by atoms with Crippen molar-refractivity contribution in [2.45, 2.75) is 0 Å². The first-order valence-corrected chi connectivity index (χ1v) is 6.78. The molecule has 0 bridgehead atoms. The first-order chi connectivity index (χ1) is 10.7. The maximum absolute atomic E-state index is 12.2. The van der Waals surface area contributed by atoms with Crippen LogP contribution in [0.3, 0.4) is 0 Å². The average molecular weight is 293 g/mol. The van der Waals surface area contributed by atoms with Gasteiger partial charge in [-0.05, 0) is 23.8 Å². The normalized spacial score (nSPS) is 16.1. The number of rotatable bonds is 3. The first-order valence-electron chi connectivity index (χ1n) is 6.78. The molecule has 0 radical (unpaired) electrons. The van der Waals surface area contributed by atoms with Crippen LogP contribution in [0.5, 0.6) is 5.75 Å². The highest BCUT2D eigenvalue weighted by Crippen LogP contribution is 2.20. The fraction of sp³-hybridized carbons (Fsp3) is 0.0588. The van der Waals surface area contributed by atoms with Crippen molar-refractivity contribution in [1.29, 1.82) is 0 Å². The highest BCUT2D eigenvalue weighted by molar-refractivity contribution is 6.19. The van der Waals surface area contributed by atoms with Crippen LogP contribution in [0.15, 0.2) is 65.3 Å². The highest BCUT2D eigenvalue weighted by atomic mass is 16.5. The molecule has 110 valence electrons. The highest BCUT2D eigenvalue weighted by Gasteiger charge is 2.28. The largest absolute Gasteiger partial charge is 0.497 e. The zero-order chi connectivity index (χ0) is 15.5. The van der Waals surface area contributed by atoms with E-state index in [1.54, 1.807) is 13.2 Å². The summed E-state index contributed by atoms with van der Waals surface area (Å²) < 4.78 is 5.11. The molecule has 2 aromatic carbocycles. The Hall–Kier alpha value is -2.92. The van der Waals surface area contributed by atoms with Gasteiger partial charge in [0.25, 0.3) is 5.91 Å². The monoisotopic (exact) mass is 293 g/mol. The van der Waals surface area contributed by atoms with E-state index in [0.717, 1.165) is 21.9 Å². The van der Waals surface area contributed by atoms with Crippen LogP contribution in [-0.2, 0) is 4.79 Å². The van der Waals surface area contributed by atoms with Gasteiger partial charge in [0, 0.05) is 5.56 Å². The quantitative estimate of drug-likeness (QED) is 0.536. The molecule has 0 saturated heterocycles. The van der Waals surface area contributed by atoms with Gasteiger partial charge in [0.05, 0.1) is 7.11 Å². The minimum Gasteiger partial charge on any atom is -0.497 e. The molecule has 1 amide bonds. The number of hydrogen-bond acceptors (Lipinski definition) is 4. The number of methoxy groups -OCH3 is 1. The summed E-state index contributed by atoms with van der Waals surface area (Å²) in [6, 6.07) is 16.7. The van der Waals surface area contributed by atoms with Crippen LogP contribution in [-0.4, -0.2) is 23.9 Å². The molecule has 1 aliphatic heterocycles. The lowest BCUT2D eigenvalue weighted by Crippen LogP contribution is -2.38. The molecule has 5 nitrogen and oxygen atoms in total. The number of hydrogen-bond donors (Lipinski definition) is 1. The van der Waals surface area contributed by atoms with Gasteiger partial charge >= 0.3 is 0 Å². The van der Waals surface area contributed by atoms with Gasteiger partial charge in [0.1, 0.15) is 11.4 Å². The number of nitrogens with zero attached hydrogens (tertiary/aromatic N) is 2. The molecule has 2 N–H and O–H groups in total. The van der Waals surface area contributed by atoms with Crippen LogP contribution >= 0.6 is 0 Å². The van der Waals surface area contributed by atoms with E-state index in [1.165, 1.54) is 0 Å². The van der Waals surface area contributed by atoms with E-state index in [9.17, 15) is 4.79 Å². The zero-order valence-electron chi connectivity index (χ0n) is 12.1. The molecular formula is C17H15N3O2. The lowest BCUT2D eigenvalue weighted by atomic mass is 10.2. The second kappa shape index (κ2) is 5.83. The van der Waals surface area contributed by atoms with Crippen LogP contribution in [0.2, 0.25) is 0 Å². The van der Waals surface area contributed by atoms with Gasteiger partial charge in [-0.3, -0.25) is 4.79 Å². The van der Waals surface area contributed by atoms with Gasteiger partial charge in [-0.1, -0.05) is 42.5 Å². The summed E-state index contributed by atoms with van der Waals surface area (Å²) in [5.41, 5.74) is 1.97. The van der Waals surface area contributed by atoms with Gasteiger partial charge in [-0.15, -0.1) is 0 Å². The lowest BCUT2D eigenvalue weighted by Gasteiger charge is -2.10. The smallest absolute Gasteiger partial charge is 0.292 e. The van der Waals surface area contributed by atoms with E-state index >= 15 is 0 Å². The molecule has 0 atom stereocenters. The van der Waals surface area contributed by atoms with Crippen LogP contribution in [0.1, 0.15) is 11.1 Å². The Morgan fingerprint density at radius 2 is 1.77 bits per heavy atom. The van der Waals surface area contributed by atoms with Crippen molar-refractivity contribution in [3.05, 3.63) is 71.4 Å². The average Bonchev–Trinajstić information content (AvgIpc) is 2.85. The number of aliphatic imine (C=N–C) groups is 1. The van der Waals surface area contributed by atoms with Gasteiger partial charge < -0.3 is 4.74 Å². The number of benzene rings is 2. The molecule has 0 fully saturated rings. The maximum Gasteiger partial charge on any atom is 0.292 e. The van der Waals surface area contributed by atoms with E-state index in [-0.39, 0.29) is 5.91 Å². The summed E-state index contributed by atoms with van der Waals surface area (Å²) in [7, 11) is 1.61. The Morgan fingerprint density at radius 3 is 2.41 bits per heavy atom. The van der Waals surface area contributed by atoms with Crippen molar-refractivity contribution in [1.82, 2.24) is 5.01 Å². The second-order valence-electron chi connectivity index (χ2n) is 4.78. The third kappa shape index (κ3) is 2.62. The first kappa shape index (κ1) is 14.0. The van der Waals surface area contributed by atoms with Crippen molar-refractivity contribution in [3.63, 3.8) is 0 Å². The third-order valence-corrected chi connectivity index (χ3v) is 3.34. The SMILES string of the molecule is COc1ccc(/C=C2/N=C(c3ccccc3)N(N)C2=O)cc1. The van der Waals surface area contributed by atoms with Crippen molar-refractivity contribution < 1.29 is 9.53 Å². The predicted octanol–water partition coefficient (Wildman–Crippen LogP) is 2.20. The maximum atomic E-state index is 12.2. The minimum absolute atomic E-state index is 0.312. The van der Waals surface area contributed by atoms with E-state index in [4.69, 9.17) is 10.6 Å². The van der Waals surface area contributed by atoms with E-state index in [1.807, 2.05) is 54.6 Å². The van der Waals surface area contributed by atoms with Crippen molar-refractivity contribution in [2.24, 2.45) is 10.8 Å². The van der Waals surface area contributed by atoms with Gasteiger partial charge in [0.15, 0.2) is 5.84 Å². The third-order valence-electron chi connectivity index (χ3n) is 3.34. The minimum atomic E-state index is -0.324. The summed E-state index contributed by atoms with van der Waals surface area (Å²) >= 11 is 0. The molecule has 0 aromatic heterocycles. The fourth-order valence-electron chi connectivity index (χ4n) is 2.18. The van der Waals surface area contributed by atoms with Gasteiger partial charge in [-0.2, -0.15) is 0 Å². The molecule has 1 heterocycles.